The zero-order valence-corrected chi connectivity index (χ0v) is 14.7. The fourth-order valence-electron chi connectivity index (χ4n) is 2.81. The van der Waals surface area contributed by atoms with Crippen LogP contribution in [-0.4, -0.2) is 25.3 Å². The first-order valence-electron chi connectivity index (χ1n) is 7.51. The Labute approximate surface area is 147 Å². The predicted molar refractivity (Wildman–Crippen MR) is 98.7 cm³/mol. The Morgan fingerprint density at radius 2 is 1.96 bits per heavy atom. The highest BCUT2D eigenvalue weighted by molar-refractivity contribution is 7.98. The SMILES string of the molecule is CSc1ccc(C(=O)NCC2NCCc3ccccc32)cc1.Cl. The summed E-state index contributed by atoms with van der Waals surface area (Å²) in [7, 11) is 0. The van der Waals surface area contributed by atoms with Gasteiger partial charge in [0.2, 0.25) is 0 Å². The number of carbonyl (C=O) groups excluding carboxylic acids is 1. The van der Waals surface area contributed by atoms with E-state index < -0.39 is 0 Å². The first-order chi connectivity index (χ1) is 10.8. The second-order valence-electron chi connectivity index (χ2n) is 5.39. The molecule has 0 saturated heterocycles. The van der Waals surface area contributed by atoms with Gasteiger partial charge in [0.15, 0.2) is 0 Å². The van der Waals surface area contributed by atoms with Crippen molar-refractivity contribution in [1.82, 2.24) is 10.6 Å². The van der Waals surface area contributed by atoms with E-state index in [0.717, 1.165) is 13.0 Å². The molecule has 0 aromatic heterocycles. The van der Waals surface area contributed by atoms with Crippen LogP contribution in [0.3, 0.4) is 0 Å². The lowest BCUT2D eigenvalue weighted by atomic mass is 9.94. The first-order valence-corrected chi connectivity index (χ1v) is 8.74. The average molecular weight is 349 g/mol. The van der Waals surface area contributed by atoms with Crippen LogP contribution in [0.1, 0.15) is 27.5 Å². The third-order valence-corrected chi connectivity index (χ3v) is 4.78. The van der Waals surface area contributed by atoms with Crippen LogP contribution in [0.15, 0.2) is 53.4 Å². The molecule has 1 atom stereocenters. The number of rotatable bonds is 4. The maximum Gasteiger partial charge on any atom is 0.251 e. The van der Waals surface area contributed by atoms with Gasteiger partial charge in [-0.15, -0.1) is 24.2 Å². The van der Waals surface area contributed by atoms with Gasteiger partial charge in [-0.25, -0.2) is 0 Å². The highest BCUT2D eigenvalue weighted by atomic mass is 35.5. The molecule has 0 bridgehead atoms. The van der Waals surface area contributed by atoms with Crippen molar-refractivity contribution >= 4 is 30.1 Å². The summed E-state index contributed by atoms with van der Waals surface area (Å²) in [6.07, 6.45) is 3.08. The van der Waals surface area contributed by atoms with Crippen molar-refractivity contribution in [3.8, 4) is 0 Å². The van der Waals surface area contributed by atoms with E-state index in [1.807, 2.05) is 30.5 Å². The van der Waals surface area contributed by atoms with Gasteiger partial charge in [0.1, 0.15) is 0 Å². The number of halogens is 1. The van der Waals surface area contributed by atoms with Crippen LogP contribution >= 0.6 is 24.2 Å². The number of benzene rings is 2. The van der Waals surface area contributed by atoms with E-state index in [-0.39, 0.29) is 24.4 Å². The number of nitrogens with one attached hydrogen (secondary N) is 2. The number of carbonyl (C=O) groups is 1. The summed E-state index contributed by atoms with van der Waals surface area (Å²) in [5, 5.41) is 6.52. The topological polar surface area (TPSA) is 41.1 Å². The van der Waals surface area contributed by atoms with Crippen LogP contribution in [0.2, 0.25) is 0 Å². The first kappa shape index (κ1) is 17.9. The number of hydrogen-bond acceptors (Lipinski definition) is 3. The molecule has 3 rings (SSSR count). The van der Waals surface area contributed by atoms with Crippen molar-refractivity contribution in [3.05, 3.63) is 65.2 Å². The molecule has 2 aromatic rings. The van der Waals surface area contributed by atoms with Crippen molar-refractivity contribution in [2.75, 3.05) is 19.3 Å². The van der Waals surface area contributed by atoms with Crippen molar-refractivity contribution in [3.63, 3.8) is 0 Å². The molecule has 0 saturated carbocycles. The Morgan fingerprint density at radius 1 is 1.22 bits per heavy atom. The van der Waals surface area contributed by atoms with Crippen LogP contribution < -0.4 is 10.6 Å². The zero-order valence-electron chi connectivity index (χ0n) is 13.0. The van der Waals surface area contributed by atoms with Crippen molar-refractivity contribution in [2.24, 2.45) is 0 Å². The molecule has 3 nitrogen and oxygen atoms in total. The molecule has 1 aliphatic heterocycles. The van der Waals surface area contributed by atoms with Gasteiger partial charge in [-0.1, -0.05) is 24.3 Å². The molecule has 23 heavy (non-hydrogen) atoms. The van der Waals surface area contributed by atoms with Gasteiger partial charge >= 0.3 is 0 Å². The predicted octanol–water partition coefficient (Wildman–Crippen LogP) is 3.45. The summed E-state index contributed by atoms with van der Waals surface area (Å²) >= 11 is 1.68. The lowest BCUT2D eigenvalue weighted by Crippen LogP contribution is -2.38. The summed E-state index contributed by atoms with van der Waals surface area (Å²) in [6.45, 7) is 1.57. The summed E-state index contributed by atoms with van der Waals surface area (Å²) in [5.74, 6) is -0.0162. The maximum atomic E-state index is 12.3. The molecule has 1 heterocycles. The molecule has 0 aliphatic carbocycles. The van der Waals surface area contributed by atoms with Gasteiger partial charge in [0.25, 0.3) is 5.91 Å². The summed E-state index contributed by atoms with van der Waals surface area (Å²) in [6, 6.07) is 16.4. The lowest BCUT2D eigenvalue weighted by molar-refractivity contribution is 0.0949. The van der Waals surface area contributed by atoms with E-state index in [4.69, 9.17) is 0 Å². The normalized spacial score (nSPS) is 16.1. The molecule has 2 N–H and O–H groups in total. The standard InChI is InChI=1S/C18H20N2OS.ClH/c1-22-15-8-6-14(7-9-15)18(21)20-12-17-16-5-3-2-4-13(16)10-11-19-17;/h2-9,17,19H,10-12H2,1H3,(H,20,21);1H. The third-order valence-electron chi connectivity index (χ3n) is 4.03. The summed E-state index contributed by atoms with van der Waals surface area (Å²) < 4.78 is 0. The van der Waals surface area contributed by atoms with Crippen LogP contribution in [0.25, 0.3) is 0 Å². The molecule has 1 aliphatic rings. The largest absolute Gasteiger partial charge is 0.350 e. The average Bonchev–Trinajstić information content (AvgIpc) is 2.59. The van der Waals surface area contributed by atoms with Crippen LogP contribution in [0, 0.1) is 0 Å². The van der Waals surface area contributed by atoms with Gasteiger partial charge in [-0.3, -0.25) is 4.79 Å². The quantitative estimate of drug-likeness (QED) is 0.831. The molecule has 5 heteroatoms. The number of fused-ring (bicyclic) bond motifs is 1. The van der Waals surface area contributed by atoms with Gasteiger partial charge in [0, 0.05) is 23.0 Å². The van der Waals surface area contributed by atoms with E-state index in [0.29, 0.717) is 12.1 Å². The monoisotopic (exact) mass is 348 g/mol. The van der Waals surface area contributed by atoms with E-state index in [2.05, 4.69) is 34.9 Å². The molecule has 122 valence electrons. The van der Waals surface area contributed by atoms with E-state index in [9.17, 15) is 4.79 Å². The van der Waals surface area contributed by atoms with Crippen molar-refractivity contribution < 1.29 is 4.79 Å². The van der Waals surface area contributed by atoms with E-state index >= 15 is 0 Å². The van der Waals surface area contributed by atoms with E-state index in [1.54, 1.807) is 11.8 Å². The van der Waals surface area contributed by atoms with Crippen LogP contribution in [0.4, 0.5) is 0 Å². The van der Waals surface area contributed by atoms with Gasteiger partial charge in [-0.2, -0.15) is 0 Å². The smallest absolute Gasteiger partial charge is 0.251 e. The minimum atomic E-state index is -0.0162. The maximum absolute atomic E-state index is 12.3. The summed E-state index contributed by atoms with van der Waals surface area (Å²) in [4.78, 5) is 13.4. The number of hydrogen-bond donors (Lipinski definition) is 2. The van der Waals surface area contributed by atoms with E-state index in [1.165, 1.54) is 16.0 Å². The lowest BCUT2D eigenvalue weighted by Gasteiger charge is -2.27. The molecule has 1 amide bonds. The Kier molecular flexibility index (Phi) is 6.51. The fraction of sp³-hybridized carbons (Fsp3) is 0.278. The highest BCUT2D eigenvalue weighted by Crippen LogP contribution is 2.22. The number of thioether (sulfide) groups is 1. The second kappa shape index (κ2) is 8.39. The minimum absolute atomic E-state index is 0. The molecule has 0 radical (unpaired) electrons. The van der Waals surface area contributed by atoms with Gasteiger partial charge in [-0.05, 0) is 54.6 Å². The fourth-order valence-corrected chi connectivity index (χ4v) is 3.22. The third kappa shape index (κ3) is 4.28. The molecule has 1 unspecified atom stereocenters. The molecular formula is C18H21ClN2OS. The highest BCUT2D eigenvalue weighted by Gasteiger charge is 2.19. The Hall–Kier alpha value is -1.49. The second-order valence-corrected chi connectivity index (χ2v) is 6.27. The molecule has 0 spiro atoms. The number of amides is 1. The van der Waals surface area contributed by atoms with Crippen molar-refractivity contribution in [1.29, 1.82) is 0 Å². The van der Waals surface area contributed by atoms with Gasteiger partial charge in [0.05, 0.1) is 0 Å². The Bertz CT molecular complexity index is 660. The van der Waals surface area contributed by atoms with Gasteiger partial charge < -0.3 is 10.6 Å². The molecule has 2 aromatic carbocycles. The summed E-state index contributed by atoms with van der Waals surface area (Å²) in [5.41, 5.74) is 3.39. The van der Waals surface area contributed by atoms with Crippen LogP contribution in [-0.2, 0) is 6.42 Å². The molecular weight excluding hydrogens is 328 g/mol. The Morgan fingerprint density at radius 3 is 2.70 bits per heavy atom. The Balaban J connectivity index is 0.00000192. The van der Waals surface area contributed by atoms with Crippen LogP contribution in [0.5, 0.6) is 0 Å². The molecule has 0 fully saturated rings. The zero-order chi connectivity index (χ0) is 15.4. The minimum Gasteiger partial charge on any atom is -0.350 e. The van der Waals surface area contributed by atoms with Crippen molar-refractivity contribution in [2.45, 2.75) is 17.4 Å².